The van der Waals surface area contributed by atoms with E-state index in [0.29, 0.717) is 18.2 Å². The third kappa shape index (κ3) is 4.11. The largest absolute Gasteiger partial charge is 0.350 e. The van der Waals surface area contributed by atoms with E-state index in [2.05, 4.69) is 28.6 Å². The smallest absolute Gasteiger partial charge is 0.269 e. The Morgan fingerprint density at radius 2 is 2.12 bits per heavy atom. The summed E-state index contributed by atoms with van der Waals surface area (Å²) in [6.45, 7) is 2.09. The first-order valence-electron chi connectivity index (χ1n) is 8.16. The lowest BCUT2D eigenvalue weighted by molar-refractivity contribution is 0.0942. The minimum Gasteiger partial charge on any atom is -0.350 e. The van der Waals surface area contributed by atoms with E-state index in [1.807, 2.05) is 30.3 Å². The van der Waals surface area contributed by atoms with Gasteiger partial charge in [-0.25, -0.2) is 0 Å². The van der Waals surface area contributed by atoms with E-state index in [1.165, 1.54) is 5.56 Å². The molecular formula is C19H20N4O. The molecule has 1 saturated heterocycles. The van der Waals surface area contributed by atoms with Crippen LogP contribution >= 0.6 is 0 Å². The number of benzene rings is 1. The van der Waals surface area contributed by atoms with Gasteiger partial charge in [0.15, 0.2) is 6.19 Å². The van der Waals surface area contributed by atoms with Crippen molar-refractivity contribution in [3.63, 3.8) is 0 Å². The van der Waals surface area contributed by atoms with Crippen LogP contribution in [-0.4, -0.2) is 35.4 Å². The topological polar surface area (TPSA) is 69.0 Å². The minimum atomic E-state index is -0.152. The number of hydrogen-bond donors (Lipinski definition) is 1. The molecule has 0 aliphatic carbocycles. The normalized spacial score (nSPS) is 16.6. The summed E-state index contributed by atoms with van der Waals surface area (Å²) in [5.41, 5.74) is 2.72. The maximum Gasteiger partial charge on any atom is 0.269 e. The standard InChI is InChI=1S/C19H20N4O/c20-14-23-9-7-17(13-23)12-22-19(24)18-11-16(6-8-21-18)10-15-4-2-1-3-5-15/h1-6,8,11,17H,7,9-10,12-13H2,(H,22,24)/t17-/m1/s1. The molecule has 3 rings (SSSR count). The van der Waals surface area contributed by atoms with Crippen molar-refractivity contribution in [1.82, 2.24) is 15.2 Å². The molecule has 1 amide bonds. The molecule has 1 N–H and O–H groups in total. The van der Waals surface area contributed by atoms with Crippen molar-refractivity contribution >= 4 is 5.91 Å². The van der Waals surface area contributed by atoms with Crippen molar-refractivity contribution in [2.45, 2.75) is 12.8 Å². The van der Waals surface area contributed by atoms with Gasteiger partial charge in [-0.3, -0.25) is 9.78 Å². The second-order valence-electron chi connectivity index (χ2n) is 6.12. The quantitative estimate of drug-likeness (QED) is 0.858. The molecule has 0 bridgehead atoms. The third-order valence-corrected chi connectivity index (χ3v) is 4.29. The number of amides is 1. The van der Waals surface area contributed by atoms with Crippen LogP contribution in [0.4, 0.5) is 0 Å². The number of likely N-dealkylation sites (tertiary alicyclic amines) is 1. The first-order valence-corrected chi connectivity index (χ1v) is 8.16. The number of rotatable bonds is 5. The minimum absolute atomic E-state index is 0.152. The van der Waals surface area contributed by atoms with Crippen LogP contribution in [0.15, 0.2) is 48.7 Å². The highest BCUT2D eigenvalue weighted by molar-refractivity contribution is 5.92. The van der Waals surface area contributed by atoms with Gasteiger partial charge in [0.25, 0.3) is 5.91 Å². The summed E-state index contributed by atoms with van der Waals surface area (Å²) in [5.74, 6) is 0.182. The van der Waals surface area contributed by atoms with E-state index >= 15 is 0 Å². The fraction of sp³-hybridized carbons (Fsp3) is 0.316. The molecule has 5 nitrogen and oxygen atoms in total. The number of nitrogens with zero attached hydrogens (tertiary/aromatic N) is 3. The fourth-order valence-electron chi connectivity index (χ4n) is 2.96. The Morgan fingerprint density at radius 3 is 2.88 bits per heavy atom. The van der Waals surface area contributed by atoms with Crippen LogP contribution in [0.5, 0.6) is 0 Å². The predicted molar refractivity (Wildman–Crippen MR) is 91.1 cm³/mol. The SMILES string of the molecule is N#CN1CC[C@H](CNC(=O)c2cc(Cc3ccccc3)ccn2)C1. The molecule has 5 heteroatoms. The summed E-state index contributed by atoms with van der Waals surface area (Å²) in [5, 5.41) is 11.8. The molecule has 122 valence electrons. The van der Waals surface area contributed by atoms with Crippen LogP contribution < -0.4 is 5.32 Å². The van der Waals surface area contributed by atoms with Gasteiger partial charge >= 0.3 is 0 Å². The summed E-state index contributed by atoms with van der Waals surface area (Å²) in [4.78, 5) is 18.2. The summed E-state index contributed by atoms with van der Waals surface area (Å²) in [7, 11) is 0. The van der Waals surface area contributed by atoms with Gasteiger partial charge < -0.3 is 10.2 Å². The van der Waals surface area contributed by atoms with Crippen LogP contribution in [0.3, 0.4) is 0 Å². The molecule has 0 saturated carbocycles. The molecule has 2 aromatic rings. The maximum absolute atomic E-state index is 12.3. The van der Waals surface area contributed by atoms with Gasteiger partial charge in [0.2, 0.25) is 0 Å². The van der Waals surface area contributed by atoms with Gasteiger partial charge in [-0.1, -0.05) is 30.3 Å². The second-order valence-corrected chi connectivity index (χ2v) is 6.12. The Kier molecular flexibility index (Phi) is 5.07. The molecule has 0 unspecified atom stereocenters. The molecule has 0 radical (unpaired) electrons. The molecule has 1 aliphatic rings. The zero-order valence-corrected chi connectivity index (χ0v) is 13.5. The van der Waals surface area contributed by atoms with Gasteiger partial charge in [0, 0.05) is 25.8 Å². The zero-order chi connectivity index (χ0) is 16.8. The first-order chi connectivity index (χ1) is 11.7. The third-order valence-electron chi connectivity index (χ3n) is 4.29. The summed E-state index contributed by atoms with van der Waals surface area (Å²) in [6, 6.07) is 13.9. The van der Waals surface area contributed by atoms with E-state index in [1.54, 1.807) is 11.1 Å². The summed E-state index contributed by atoms with van der Waals surface area (Å²) < 4.78 is 0. The van der Waals surface area contributed by atoms with Crippen LogP contribution in [0.1, 0.15) is 28.0 Å². The molecule has 1 atom stereocenters. The average molecular weight is 320 g/mol. The van der Waals surface area contributed by atoms with Crippen molar-refractivity contribution in [1.29, 1.82) is 5.26 Å². The lowest BCUT2D eigenvalue weighted by Gasteiger charge is -2.11. The second kappa shape index (κ2) is 7.60. The number of aromatic nitrogens is 1. The molecule has 1 aromatic heterocycles. The van der Waals surface area contributed by atoms with Gasteiger partial charge in [-0.05, 0) is 42.0 Å². The Labute approximate surface area is 141 Å². The van der Waals surface area contributed by atoms with Gasteiger partial charge in [0.1, 0.15) is 5.69 Å². The van der Waals surface area contributed by atoms with E-state index in [0.717, 1.165) is 31.5 Å². The average Bonchev–Trinajstić information content (AvgIpc) is 3.09. The van der Waals surface area contributed by atoms with Crippen molar-refractivity contribution in [3.05, 3.63) is 65.5 Å². The van der Waals surface area contributed by atoms with Crippen LogP contribution in [-0.2, 0) is 6.42 Å². The molecule has 2 heterocycles. The summed E-state index contributed by atoms with van der Waals surface area (Å²) >= 11 is 0. The molecule has 1 aromatic carbocycles. The Balaban J connectivity index is 1.57. The maximum atomic E-state index is 12.3. The van der Waals surface area contributed by atoms with E-state index in [4.69, 9.17) is 5.26 Å². The lowest BCUT2D eigenvalue weighted by Crippen LogP contribution is -2.31. The van der Waals surface area contributed by atoms with E-state index < -0.39 is 0 Å². The molecule has 1 aliphatic heterocycles. The highest BCUT2D eigenvalue weighted by Crippen LogP contribution is 2.14. The number of hydrogen-bond acceptors (Lipinski definition) is 4. The number of pyridine rings is 1. The molecular weight excluding hydrogens is 300 g/mol. The van der Waals surface area contributed by atoms with E-state index in [-0.39, 0.29) is 5.91 Å². The van der Waals surface area contributed by atoms with Crippen molar-refractivity contribution < 1.29 is 4.79 Å². The van der Waals surface area contributed by atoms with Crippen molar-refractivity contribution in [2.24, 2.45) is 5.92 Å². The Hall–Kier alpha value is -2.87. The molecule has 1 fully saturated rings. The number of nitrogens with one attached hydrogen (secondary N) is 1. The summed E-state index contributed by atoms with van der Waals surface area (Å²) in [6.07, 6.45) is 5.55. The Bertz CT molecular complexity index is 739. The Morgan fingerprint density at radius 1 is 1.29 bits per heavy atom. The van der Waals surface area contributed by atoms with Crippen LogP contribution in [0, 0.1) is 17.4 Å². The van der Waals surface area contributed by atoms with E-state index in [9.17, 15) is 4.79 Å². The highest BCUT2D eigenvalue weighted by atomic mass is 16.1. The number of carbonyl (C=O) groups excluding carboxylic acids is 1. The van der Waals surface area contributed by atoms with Crippen LogP contribution in [0.2, 0.25) is 0 Å². The van der Waals surface area contributed by atoms with Gasteiger partial charge in [-0.15, -0.1) is 0 Å². The van der Waals surface area contributed by atoms with Gasteiger partial charge in [-0.2, -0.15) is 5.26 Å². The van der Waals surface area contributed by atoms with Crippen LogP contribution in [0.25, 0.3) is 0 Å². The van der Waals surface area contributed by atoms with Gasteiger partial charge in [0.05, 0.1) is 0 Å². The van der Waals surface area contributed by atoms with Crippen molar-refractivity contribution in [2.75, 3.05) is 19.6 Å². The zero-order valence-electron chi connectivity index (χ0n) is 13.5. The highest BCUT2D eigenvalue weighted by Gasteiger charge is 2.22. The number of nitriles is 1. The monoisotopic (exact) mass is 320 g/mol. The first kappa shape index (κ1) is 16.0. The lowest BCUT2D eigenvalue weighted by atomic mass is 10.1. The predicted octanol–water partition coefficient (Wildman–Crippen LogP) is 2.21. The number of carbonyl (C=O) groups is 1. The molecule has 24 heavy (non-hydrogen) atoms. The fourth-order valence-corrected chi connectivity index (χ4v) is 2.96. The van der Waals surface area contributed by atoms with Crippen molar-refractivity contribution in [3.8, 4) is 6.19 Å². The molecule has 0 spiro atoms.